The highest BCUT2D eigenvalue weighted by atomic mass is 32.1. The summed E-state index contributed by atoms with van der Waals surface area (Å²) in [6.07, 6.45) is 1.71. The Labute approximate surface area is 60.3 Å². The zero-order chi connectivity index (χ0) is 5.70. The first-order valence-corrected chi connectivity index (χ1v) is 2.64. The maximum Gasteiger partial charge on any atom is 0.0313 e. The molecule has 0 rings (SSSR count). The molecule has 0 aliphatic carbocycles. The summed E-state index contributed by atoms with van der Waals surface area (Å²) in [5.74, 6) is 0. The minimum absolute atomic E-state index is 0. The largest absolute Gasteiger partial charge is 0.412 e. The maximum absolute atomic E-state index is 4.52. The molecule has 0 aromatic carbocycles. The van der Waals surface area contributed by atoms with Gasteiger partial charge in [0.15, 0.2) is 0 Å². The van der Waals surface area contributed by atoms with E-state index in [1.807, 2.05) is 0 Å². The molecule has 8 heavy (non-hydrogen) atoms. The van der Waals surface area contributed by atoms with E-state index >= 15 is 0 Å². The average molecular weight is 150 g/mol. The van der Waals surface area contributed by atoms with Crippen LogP contribution in [-0.2, 0) is 12.6 Å². The van der Waals surface area contributed by atoms with Gasteiger partial charge in [-0.15, -0.1) is 6.58 Å². The van der Waals surface area contributed by atoms with Crippen molar-refractivity contribution in [2.24, 2.45) is 0 Å². The molecule has 0 saturated carbocycles. The van der Waals surface area contributed by atoms with Crippen molar-refractivity contribution in [1.82, 2.24) is 11.5 Å². The Balaban J connectivity index is 0. The molecule has 0 amide bonds. The third kappa shape index (κ3) is 9.26. The summed E-state index contributed by atoms with van der Waals surface area (Å²) in [6.45, 7) is 4.13. The van der Waals surface area contributed by atoms with E-state index in [1.165, 1.54) is 0 Å². The van der Waals surface area contributed by atoms with E-state index in [9.17, 15) is 0 Å². The van der Waals surface area contributed by atoms with Crippen LogP contribution in [0.5, 0.6) is 0 Å². The maximum atomic E-state index is 4.52. The smallest absolute Gasteiger partial charge is 0.0313 e. The summed E-state index contributed by atoms with van der Waals surface area (Å²) in [6, 6.07) is 0. The van der Waals surface area contributed by atoms with Gasteiger partial charge in [0.1, 0.15) is 0 Å². The molecule has 5 N–H and O–H groups in total. The Bertz CT molecular complexity index is 82.1. The second-order valence-corrected chi connectivity index (χ2v) is 2.03. The topological polar surface area (TPSA) is 48.5 Å². The van der Waals surface area contributed by atoms with Crippen molar-refractivity contribution in [2.45, 2.75) is 0 Å². The Morgan fingerprint density at radius 3 is 2.50 bits per heavy atom. The minimum atomic E-state index is 0. The lowest BCUT2D eigenvalue weighted by Crippen LogP contribution is -2.17. The van der Waals surface area contributed by atoms with Gasteiger partial charge in [0.25, 0.3) is 0 Å². The van der Waals surface area contributed by atoms with Crippen LogP contribution < -0.4 is 11.5 Å². The second kappa shape index (κ2) is 6.81. The number of hydrogen-bond donors (Lipinski definition) is 2. The van der Waals surface area contributed by atoms with E-state index in [-0.39, 0.29) is 6.15 Å². The SMILES string of the molecule is C=CCNC(=S)[S-].[NH4+]. The third-order valence-electron chi connectivity index (χ3n) is 0.391. The van der Waals surface area contributed by atoms with Gasteiger partial charge in [-0.2, -0.15) is 0 Å². The molecule has 0 aromatic rings. The fourth-order valence-corrected chi connectivity index (χ4v) is 0.322. The molecule has 0 aliphatic heterocycles. The molecule has 0 heterocycles. The highest BCUT2D eigenvalue weighted by molar-refractivity contribution is 8.00. The van der Waals surface area contributed by atoms with Gasteiger partial charge in [-0.1, -0.05) is 10.4 Å². The molecule has 48 valence electrons. The van der Waals surface area contributed by atoms with Crippen LogP contribution in [-0.4, -0.2) is 10.9 Å². The standard InChI is InChI=1S/C4H7NS2.H3N/c1-2-3-5-4(6)7;/h2H,1,3H2,(H2,5,6,7);1H3. The van der Waals surface area contributed by atoms with Crippen molar-refractivity contribution in [3.05, 3.63) is 12.7 Å². The fraction of sp³-hybridized carbons (Fsp3) is 0.250. The van der Waals surface area contributed by atoms with E-state index in [1.54, 1.807) is 6.08 Å². The van der Waals surface area contributed by atoms with Crippen molar-refractivity contribution in [3.63, 3.8) is 0 Å². The first-order valence-electron chi connectivity index (χ1n) is 1.83. The summed E-state index contributed by atoms with van der Waals surface area (Å²) in [4.78, 5) is 0. The van der Waals surface area contributed by atoms with Gasteiger partial charge in [0, 0.05) is 6.54 Å². The Hall–Kier alpha value is -0.190. The molecule has 0 aliphatic rings. The molecule has 0 unspecified atom stereocenters. The van der Waals surface area contributed by atoms with Crippen molar-refractivity contribution >= 4 is 29.2 Å². The zero-order valence-corrected chi connectivity index (χ0v) is 6.44. The first-order chi connectivity index (χ1) is 3.27. The summed E-state index contributed by atoms with van der Waals surface area (Å²) in [5, 5.41) is 2.72. The lowest BCUT2D eigenvalue weighted by atomic mass is 10.6. The van der Waals surface area contributed by atoms with E-state index in [0.717, 1.165) is 0 Å². The lowest BCUT2D eigenvalue weighted by Gasteiger charge is -2.03. The molecular weight excluding hydrogens is 140 g/mol. The number of nitrogens with one attached hydrogen (secondary N) is 1. The van der Waals surface area contributed by atoms with Crippen LogP contribution in [0.3, 0.4) is 0 Å². The summed E-state index contributed by atoms with van der Waals surface area (Å²) < 4.78 is 0.403. The Morgan fingerprint density at radius 1 is 1.88 bits per heavy atom. The second-order valence-electron chi connectivity index (χ2n) is 0.957. The van der Waals surface area contributed by atoms with Crippen LogP contribution in [0.15, 0.2) is 12.7 Å². The van der Waals surface area contributed by atoms with Crippen molar-refractivity contribution in [2.75, 3.05) is 6.54 Å². The highest BCUT2D eigenvalue weighted by Gasteiger charge is 1.66. The van der Waals surface area contributed by atoms with E-state index < -0.39 is 0 Å². The van der Waals surface area contributed by atoms with Crippen molar-refractivity contribution in [3.8, 4) is 0 Å². The van der Waals surface area contributed by atoms with Gasteiger partial charge in [-0.3, -0.25) is 0 Å². The molecule has 0 saturated heterocycles. The summed E-state index contributed by atoms with van der Waals surface area (Å²) in [5.41, 5.74) is 0. The predicted octanol–water partition coefficient (Wildman–Crippen LogP) is 0.970. The van der Waals surface area contributed by atoms with E-state index in [0.29, 0.717) is 10.9 Å². The quantitative estimate of drug-likeness (QED) is 0.350. The third-order valence-corrected chi connectivity index (χ3v) is 0.679. The van der Waals surface area contributed by atoms with Crippen molar-refractivity contribution in [1.29, 1.82) is 0 Å². The van der Waals surface area contributed by atoms with Crippen LogP contribution in [0.2, 0.25) is 0 Å². The predicted molar refractivity (Wildman–Crippen MR) is 44.1 cm³/mol. The monoisotopic (exact) mass is 150 g/mol. The average Bonchev–Trinajstić information content (AvgIpc) is 1.61. The van der Waals surface area contributed by atoms with Gasteiger partial charge >= 0.3 is 0 Å². The molecule has 0 bridgehead atoms. The van der Waals surface area contributed by atoms with E-state index in [4.69, 9.17) is 0 Å². The molecule has 0 aromatic heterocycles. The van der Waals surface area contributed by atoms with Crippen LogP contribution >= 0.6 is 12.2 Å². The van der Waals surface area contributed by atoms with E-state index in [2.05, 4.69) is 36.7 Å². The lowest BCUT2D eigenvalue weighted by molar-refractivity contribution is 1.08. The normalized spacial score (nSPS) is 6.50. The van der Waals surface area contributed by atoms with Crippen molar-refractivity contribution < 1.29 is 0 Å². The van der Waals surface area contributed by atoms with Crippen LogP contribution in [0.4, 0.5) is 0 Å². The van der Waals surface area contributed by atoms with Gasteiger partial charge in [0.2, 0.25) is 0 Å². The van der Waals surface area contributed by atoms with Crippen LogP contribution in [0.1, 0.15) is 0 Å². The highest BCUT2D eigenvalue weighted by Crippen LogP contribution is 1.63. The summed E-state index contributed by atoms with van der Waals surface area (Å²) >= 11 is 9.03. The Kier molecular flexibility index (Phi) is 9.13. The number of rotatable bonds is 2. The molecule has 2 nitrogen and oxygen atoms in total. The summed E-state index contributed by atoms with van der Waals surface area (Å²) in [7, 11) is 0. The zero-order valence-electron chi connectivity index (χ0n) is 4.81. The van der Waals surface area contributed by atoms with Gasteiger partial charge in [-0.05, 0) is 0 Å². The molecule has 0 spiro atoms. The van der Waals surface area contributed by atoms with Gasteiger partial charge in [0.05, 0.1) is 0 Å². The Morgan fingerprint density at radius 2 is 2.38 bits per heavy atom. The fourth-order valence-electron chi connectivity index (χ4n) is 0.156. The molecule has 4 heteroatoms. The number of thiocarbonyl (C=S) groups is 1. The molecule has 0 atom stereocenters. The molecule has 0 radical (unpaired) electrons. The van der Waals surface area contributed by atoms with Crippen LogP contribution in [0, 0.1) is 0 Å². The number of quaternary nitrogens is 1. The van der Waals surface area contributed by atoms with Crippen LogP contribution in [0.25, 0.3) is 0 Å². The first kappa shape index (κ1) is 10.7. The van der Waals surface area contributed by atoms with Gasteiger partial charge in [-0.25, -0.2) is 0 Å². The minimum Gasteiger partial charge on any atom is -0.412 e. The van der Waals surface area contributed by atoms with Gasteiger partial charge < -0.3 is 36.3 Å². The number of hydrogen-bond acceptors (Lipinski definition) is 2. The molecule has 0 fully saturated rings. The molecular formula is C4H10N2S2.